The molecule has 1 rings (SSSR count). The van der Waals surface area contributed by atoms with Gasteiger partial charge in [-0.3, -0.25) is 4.79 Å². The van der Waals surface area contributed by atoms with Crippen molar-refractivity contribution in [1.29, 1.82) is 0 Å². The molecule has 0 fully saturated rings. The highest BCUT2D eigenvalue weighted by atomic mass is 35.5. The third-order valence-electron chi connectivity index (χ3n) is 2.33. The fourth-order valence-electron chi connectivity index (χ4n) is 1.47. The summed E-state index contributed by atoms with van der Waals surface area (Å²) in [5.41, 5.74) is 0.0670. The number of methoxy groups -OCH3 is 2. The van der Waals surface area contributed by atoms with Crippen LogP contribution in [0.1, 0.15) is 11.1 Å². The standard InChI is InChI=1S/C11H11ClF3NO4/c1-18-8-5-16-10(20-11(13,14)15)7(4-12)6(8)3-9(17)19-2/h5H,3-4H2,1-2H3. The van der Waals surface area contributed by atoms with Crippen LogP contribution in [-0.4, -0.2) is 31.5 Å². The molecule has 0 atom stereocenters. The third-order valence-corrected chi connectivity index (χ3v) is 2.60. The fraction of sp³-hybridized carbons (Fsp3) is 0.455. The number of carbonyl (C=O) groups excluding carboxylic acids is 1. The smallest absolute Gasteiger partial charge is 0.495 e. The average molecular weight is 314 g/mol. The zero-order valence-corrected chi connectivity index (χ0v) is 11.3. The van der Waals surface area contributed by atoms with Crippen molar-refractivity contribution in [3.63, 3.8) is 0 Å². The Labute approximate surface area is 117 Å². The van der Waals surface area contributed by atoms with E-state index < -0.39 is 18.2 Å². The van der Waals surface area contributed by atoms with Gasteiger partial charge in [0.25, 0.3) is 0 Å². The maximum Gasteiger partial charge on any atom is 0.574 e. The Bertz CT molecular complexity index is 493. The van der Waals surface area contributed by atoms with Crippen molar-refractivity contribution < 1.29 is 32.2 Å². The zero-order chi connectivity index (χ0) is 15.3. The van der Waals surface area contributed by atoms with E-state index in [4.69, 9.17) is 16.3 Å². The first-order chi connectivity index (χ1) is 9.32. The van der Waals surface area contributed by atoms with E-state index in [1.807, 2.05) is 0 Å². The van der Waals surface area contributed by atoms with Crippen molar-refractivity contribution in [1.82, 2.24) is 4.98 Å². The number of hydrogen-bond acceptors (Lipinski definition) is 5. The molecule has 0 aromatic carbocycles. The van der Waals surface area contributed by atoms with Crippen LogP contribution in [0, 0.1) is 0 Å². The molecule has 5 nitrogen and oxygen atoms in total. The number of alkyl halides is 4. The molecule has 0 saturated heterocycles. The topological polar surface area (TPSA) is 57.7 Å². The van der Waals surface area contributed by atoms with Crippen LogP contribution in [0.5, 0.6) is 11.6 Å². The monoisotopic (exact) mass is 313 g/mol. The van der Waals surface area contributed by atoms with Crippen LogP contribution in [0.4, 0.5) is 13.2 Å². The van der Waals surface area contributed by atoms with E-state index >= 15 is 0 Å². The SMILES string of the molecule is COC(=O)Cc1c(OC)cnc(OC(F)(F)F)c1CCl. The Balaban J connectivity index is 3.28. The molecule has 0 spiro atoms. The quantitative estimate of drug-likeness (QED) is 0.617. The maximum absolute atomic E-state index is 12.3. The summed E-state index contributed by atoms with van der Waals surface area (Å²) in [6.07, 6.45) is -4.20. The number of nitrogens with zero attached hydrogens (tertiary/aromatic N) is 1. The highest BCUT2D eigenvalue weighted by Crippen LogP contribution is 2.33. The molecule has 0 amide bonds. The number of carbonyl (C=O) groups is 1. The van der Waals surface area contributed by atoms with Crippen molar-refractivity contribution >= 4 is 17.6 Å². The highest BCUT2D eigenvalue weighted by molar-refractivity contribution is 6.17. The molecule has 0 radical (unpaired) electrons. The lowest BCUT2D eigenvalue weighted by atomic mass is 10.1. The average Bonchev–Trinajstić information content (AvgIpc) is 2.37. The van der Waals surface area contributed by atoms with Crippen LogP contribution in [-0.2, 0) is 21.8 Å². The maximum atomic E-state index is 12.3. The second-order valence-corrected chi connectivity index (χ2v) is 3.79. The van der Waals surface area contributed by atoms with E-state index in [1.54, 1.807) is 0 Å². The molecule has 0 bridgehead atoms. The Morgan fingerprint density at radius 2 is 2.00 bits per heavy atom. The Hall–Kier alpha value is -1.70. The van der Waals surface area contributed by atoms with Gasteiger partial charge >= 0.3 is 12.3 Å². The predicted octanol–water partition coefficient (Wildman–Crippen LogP) is 2.44. The molecule has 112 valence electrons. The Kier molecular flexibility index (Phi) is 5.43. The van der Waals surface area contributed by atoms with Gasteiger partial charge in [-0.15, -0.1) is 24.8 Å². The summed E-state index contributed by atoms with van der Waals surface area (Å²) in [6.45, 7) is 0. The Morgan fingerprint density at radius 3 is 2.45 bits per heavy atom. The summed E-state index contributed by atoms with van der Waals surface area (Å²) < 4.78 is 50.0. The summed E-state index contributed by atoms with van der Waals surface area (Å²) in [5, 5.41) is 0. The van der Waals surface area contributed by atoms with Gasteiger partial charge in [0.05, 0.1) is 32.7 Å². The minimum absolute atomic E-state index is 0.0752. The van der Waals surface area contributed by atoms with Gasteiger partial charge < -0.3 is 14.2 Å². The second-order valence-electron chi connectivity index (χ2n) is 3.52. The van der Waals surface area contributed by atoms with Crippen molar-refractivity contribution in [2.45, 2.75) is 18.7 Å². The molecule has 0 aliphatic rings. The summed E-state index contributed by atoms with van der Waals surface area (Å²) in [4.78, 5) is 14.8. The van der Waals surface area contributed by atoms with Gasteiger partial charge in [-0.2, -0.15) is 0 Å². The van der Waals surface area contributed by atoms with Crippen LogP contribution in [0.2, 0.25) is 0 Å². The minimum atomic E-state index is -4.91. The van der Waals surface area contributed by atoms with Crippen molar-refractivity contribution in [2.75, 3.05) is 14.2 Å². The first kappa shape index (κ1) is 16.4. The molecular weight excluding hydrogens is 303 g/mol. The number of esters is 1. The molecule has 20 heavy (non-hydrogen) atoms. The van der Waals surface area contributed by atoms with Crippen molar-refractivity contribution in [3.05, 3.63) is 17.3 Å². The van der Waals surface area contributed by atoms with Gasteiger partial charge in [0.15, 0.2) is 0 Å². The first-order valence-corrected chi connectivity index (χ1v) is 5.79. The first-order valence-electron chi connectivity index (χ1n) is 5.25. The molecular formula is C11H11ClF3NO4. The van der Waals surface area contributed by atoms with Gasteiger partial charge in [-0.1, -0.05) is 0 Å². The number of rotatable bonds is 5. The molecule has 1 heterocycles. The molecule has 0 unspecified atom stereocenters. The minimum Gasteiger partial charge on any atom is -0.495 e. The third kappa shape index (κ3) is 4.16. The fourth-order valence-corrected chi connectivity index (χ4v) is 1.75. The molecule has 0 aliphatic heterocycles. The zero-order valence-electron chi connectivity index (χ0n) is 10.6. The summed E-state index contributed by atoms with van der Waals surface area (Å²) in [5.74, 6) is -1.58. The van der Waals surface area contributed by atoms with Crippen LogP contribution < -0.4 is 9.47 Å². The number of hydrogen-bond donors (Lipinski definition) is 0. The lowest BCUT2D eigenvalue weighted by Gasteiger charge is -2.16. The molecule has 1 aromatic rings. The van der Waals surface area contributed by atoms with Crippen molar-refractivity contribution in [2.24, 2.45) is 0 Å². The van der Waals surface area contributed by atoms with Gasteiger partial charge in [-0.25, -0.2) is 4.98 Å². The summed E-state index contributed by atoms with van der Waals surface area (Å²) >= 11 is 5.63. The van der Waals surface area contributed by atoms with E-state index in [1.165, 1.54) is 7.11 Å². The molecule has 1 aromatic heterocycles. The molecule has 0 saturated carbocycles. The molecule has 9 heteroatoms. The van der Waals surface area contributed by atoms with Crippen LogP contribution in [0.3, 0.4) is 0 Å². The van der Waals surface area contributed by atoms with E-state index in [9.17, 15) is 18.0 Å². The van der Waals surface area contributed by atoms with Crippen LogP contribution in [0.25, 0.3) is 0 Å². The van der Waals surface area contributed by atoms with E-state index in [2.05, 4.69) is 14.5 Å². The number of aromatic nitrogens is 1. The molecule has 0 N–H and O–H groups in total. The normalized spacial score (nSPS) is 11.1. The Morgan fingerprint density at radius 1 is 1.35 bits per heavy atom. The van der Waals surface area contributed by atoms with E-state index in [-0.39, 0.29) is 29.2 Å². The predicted molar refractivity (Wildman–Crippen MR) is 62.7 cm³/mol. The molecule has 0 aliphatic carbocycles. The highest BCUT2D eigenvalue weighted by Gasteiger charge is 2.34. The number of halogens is 4. The lowest BCUT2D eigenvalue weighted by molar-refractivity contribution is -0.276. The summed E-state index contributed by atoms with van der Waals surface area (Å²) in [6, 6.07) is 0. The van der Waals surface area contributed by atoms with Gasteiger partial charge in [0.2, 0.25) is 5.88 Å². The number of pyridine rings is 1. The van der Waals surface area contributed by atoms with Crippen molar-refractivity contribution in [3.8, 4) is 11.6 Å². The van der Waals surface area contributed by atoms with Crippen LogP contribution >= 0.6 is 11.6 Å². The van der Waals surface area contributed by atoms with E-state index in [0.29, 0.717) is 0 Å². The van der Waals surface area contributed by atoms with Gasteiger partial charge in [-0.05, 0) is 0 Å². The van der Waals surface area contributed by atoms with E-state index in [0.717, 1.165) is 13.3 Å². The van der Waals surface area contributed by atoms with Gasteiger partial charge in [0, 0.05) is 11.1 Å². The second kappa shape index (κ2) is 6.65. The van der Waals surface area contributed by atoms with Crippen LogP contribution in [0.15, 0.2) is 6.20 Å². The summed E-state index contributed by atoms with van der Waals surface area (Å²) in [7, 11) is 2.45. The lowest BCUT2D eigenvalue weighted by Crippen LogP contribution is -2.20. The van der Waals surface area contributed by atoms with Gasteiger partial charge in [0.1, 0.15) is 5.75 Å². The number of ether oxygens (including phenoxy) is 3. The largest absolute Gasteiger partial charge is 0.574 e.